The number of carbonyl (C=O) groups is 1. The molecule has 0 fully saturated rings. The van der Waals surface area contributed by atoms with Crippen molar-refractivity contribution in [3.05, 3.63) is 34.3 Å². The lowest BCUT2D eigenvalue weighted by Crippen LogP contribution is -2.55. The van der Waals surface area contributed by atoms with E-state index in [1.165, 1.54) is 0 Å². The van der Waals surface area contributed by atoms with Gasteiger partial charge in [-0.25, -0.2) is 0 Å². The highest BCUT2D eigenvalue weighted by molar-refractivity contribution is 9.10. The van der Waals surface area contributed by atoms with Crippen LogP contribution < -0.4 is 11.1 Å². The van der Waals surface area contributed by atoms with Gasteiger partial charge in [-0.2, -0.15) is 0 Å². The molecular formula is C17H30BrCl2N3O. The van der Waals surface area contributed by atoms with Gasteiger partial charge in [-0.15, -0.1) is 24.8 Å². The minimum atomic E-state index is -1.05. The van der Waals surface area contributed by atoms with Crippen LogP contribution in [-0.4, -0.2) is 37.5 Å². The Morgan fingerprint density at radius 3 is 2.08 bits per heavy atom. The monoisotopic (exact) mass is 441 g/mol. The first-order valence-corrected chi connectivity index (χ1v) is 8.27. The molecule has 0 aliphatic carbocycles. The van der Waals surface area contributed by atoms with Crippen LogP contribution in [0.15, 0.2) is 28.7 Å². The normalized spacial score (nSPS) is 14.9. The van der Waals surface area contributed by atoms with E-state index in [4.69, 9.17) is 5.73 Å². The Bertz CT molecular complexity index is 519. The fraction of sp³-hybridized carbons (Fsp3) is 0.588. The molecule has 2 atom stereocenters. The molecule has 0 saturated heterocycles. The minimum Gasteiger partial charge on any atom is -0.351 e. The van der Waals surface area contributed by atoms with Gasteiger partial charge in [0.2, 0.25) is 5.91 Å². The van der Waals surface area contributed by atoms with Gasteiger partial charge in [-0.1, -0.05) is 41.9 Å². The van der Waals surface area contributed by atoms with Crippen molar-refractivity contribution in [1.82, 2.24) is 10.2 Å². The molecule has 1 amide bonds. The number of hydrogen-bond donors (Lipinski definition) is 2. The lowest BCUT2D eigenvalue weighted by molar-refractivity contribution is -0.127. The quantitative estimate of drug-likeness (QED) is 0.707. The Labute approximate surface area is 166 Å². The predicted molar refractivity (Wildman–Crippen MR) is 110 cm³/mol. The molecule has 0 heterocycles. The van der Waals surface area contributed by atoms with E-state index in [0.717, 1.165) is 16.6 Å². The zero-order valence-corrected chi connectivity index (χ0v) is 18.4. The second-order valence-corrected chi connectivity index (χ2v) is 8.05. The van der Waals surface area contributed by atoms with Gasteiger partial charge in [-0.05, 0) is 51.1 Å². The van der Waals surface area contributed by atoms with E-state index in [0.29, 0.717) is 0 Å². The maximum atomic E-state index is 12.6. The summed E-state index contributed by atoms with van der Waals surface area (Å²) in [7, 11) is 4.07. The lowest BCUT2D eigenvalue weighted by atomic mass is 9.83. The van der Waals surface area contributed by atoms with E-state index in [1.807, 2.05) is 45.3 Å². The molecule has 0 aliphatic heterocycles. The van der Waals surface area contributed by atoms with Crippen LogP contribution in [0.4, 0.5) is 0 Å². The molecule has 4 nitrogen and oxygen atoms in total. The van der Waals surface area contributed by atoms with Crippen LogP contribution in [0.3, 0.4) is 0 Å². The highest BCUT2D eigenvalue weighted by Gasteiger charge is 2.35. The van der Waals surface area contributed by atoms with Gasteiger partial charge >= 0.3 is 0 Å². The number of hydrogen-bond acceptors (Lipinski definition) is 3. The maximum Gasteiger partial charge on any atom is 0.244 e. The van der Waals surface area contributed by atoms with Crippen LogP contribution in [0.5, 0.6) is 0 Å². The Hall–Kier alpha value is -0.330. The molecule has 0 spiro atoms. The van der Waals surface area contributed by atoms with Gasteiger partial charge in [0.25, 0.3) is 0 Å². The molecule has 3 N–H and O–H groups in total. The molecular weight excluding hydrogens is 413 g/mol. The van der Waals surface area contributed by atoms with Crippen molar-refractivity contribution in [2.75, 3.05) is 20.6 Å². The number of carbonyl (C=O) groups excluding carboxylic acids is 1. The summed E-state index contributed by atoms with van der Waals surface area (Å²) in [5, 5.41) is 3.08. The van der Waals surface area contributed by atoms with E-state index in [2.05, 4.69) is 40.0 Å². The van der Waals surface area contributed by atoms with E-state index in [9.17, 15) is 4.79 Å². The molecule has 2 unspecified atom stereocenters. The maximum absolute atomic E-state index is 12.6. The SMILES string of the molecule is CC(NC(=O)C(C)(N)c1ccc(Br)cc1)C(C)(C)CN(C)C.Cl.Cl. The zero-order chi connectivity index (χ0) is 17.1. The van der Waals surface area contributed by atoms with E-state index in [1.54, 1.807) is 6.92 Å². The third-order valence-electron chi connectivity index (χ3n) is 4.16. The summed E-state index contributed by atoms with van der Waals surface area (Å²) in [6, 6.07) is 7.56. The predicted octanol–water partition coefficient (Wildman–Crippen LogP) is 3.56. The summed E-state index contributed by atoms with van der Waals surface area (Å²) in [5.74, 6) is -0.158. The van der Waals surface area contributed by atoms with Gasteiger partial charge in [-0.3, -0.25) is 4.79 Å². The molecule has 7 heteroatoms. The van der Waals surface area contributed by atoms with Crippen molar-refractivity contribution in [3.63, 3.8) is 0 Å². The third kappa shape index (κ3) is 6.89. The molecule has 0 aromatic heterocycles. The molecule has 1 aromatic rings. The fourth-order valence-corrected chi connectivity index (χ4v) is 2.69. The first-order chi connectivity index (χ1) is 9.96. The van der Waals surface area contributed by atoms with E-state index in [-0.39, 0.29) is 42.2 Å². The van der Waals surface area contributed by atoms with Crippen LogP contribution in [0.2, 0.25) is 0 Å². The highest BCUT2D eigenvalue weighted by atomic mass is 79.9. The largest absolute Gasteiger partial charge is 0.351 e. The van der Waals surface area contributed by atoms with Crippen LogP contribution in [0, 0.1) is 5.41 Å². The summed E-state index contributed by atoms with van der Waals surface area (Å²) in [6.45, 7) is 8.95. The number of nitrogens with zero attached hydrogens (tertiary/aromatic N) is 1. The second-order valence-electron chi connectivity index (χ2n) is 7.13. The van der Waals surface area contributed by atoms with Crippen LogP contribution in [0.25, 0.3) is 0 Å². The van der Waals surface area contributed by atoms with Crippen LogP contribution in [-0.2, 0) is 10.3 Å². The van der Waals surface area contributed by atoms with Crippen molar-refractivity contribution in [1.29, 1.82) is 0 Å². The van der Waals surface area contributed by atoms with Crippen LogP contribution >= 0.6 is 40.7 Å². The molecule has 1 rings (SSSR count). The summed E-state index contributed by atoms with van der Waals surface area (Å²) in [5.41, 5.74) is 5.98. The molecule has 140 valence electrons. The fourth-order valence-electron chi connectivity index (χ4n) is 2.42. The first-order valence-electron chi connectivity index (χ1n) is 7.47. The number of nitrogens with two attached hydrogens (primary N) is 1. The van der Waals surface area contributed by atoms with Crippen molar-refractivity contribution in [3.8, 4) is 0 Å². The summed E-state index contributed by atoms with van der Waals surface area (Å²) in [6.07, 6.45) is 0. The molecule has 0 bridgehead atoms. The van der Waals surface area contributed by atoms with Gasteiger partial charge in [0, 0.05) is 17.1 Å². The molecule has 24 heavy (non-hydrogen) atoms. The van der Waals surface area contributed by atoms with Gasteiger partial charge in [0.1, 0.15) is 5.54 Å². The lowest BCUT2D eigenvalue weighted by Gasteiger charge is -2.36. The number of halogens is 3. The van der Waals surface area contributed by atoms with Crippen molar-refractivity contribution < 1.29 is 4.79 Å². The minimum absolute atomic E-state index is 0. The first kappa shape index (κ1) is 25.9. The van der Waals surface area contributed by atoms with E-state index >= 15 is 0 Å². The smallest absolute Gasteiger partial charge is 0.244 e. The van der Waals surface area contributed by atoms with Crippen molar-refractivity contribution in [2.24, 2.45) is 11.1 Å². The number of nitrogens with one attached hydrogen (secondary N) is 1. The molecule has 0 aliphatic rings. The van der Waals surface area contributed by atoms with Crippen molar-refractivity contribution in [2.45, 2.75) is 39.3 Å². The molecule has 0 radical (unpaired) electrons. The van der Waals surface area contributed by atoms with Gasteiger partial charge in [0.05, 0.1) is 0 Å². The molecule has 1 aromatic carbocycles. The second kappa shape index (κ2) is 9.97. The standard InChI is InChI=1S/C17H28BrN3O.2ClH/c1-12(16(2,3)11-21(5)6)20-15(22)17(4,19)13-7-9-14(18)10-8-13;;/h7-10,12H,11,19H2,1-6H3,(H,20,22);2*1H. The average molecular weight is 443 g/mol. The van der Waals surface area contributed by atoms with E-state index < -0.39 is 5.54 Å². The Kier molecular flexibility index (Phi) is 10.8. The summed E-state index contributed by atoms with van der Waals surface area (Å²) >= 11 is 3.39. The zero-order valence-electron chi connectivity index (χ0n) is 15.2. The highest BCUT2D eigenvalue weighted by Crippen LogP contribution is 2.24. The number of benzene rings is 1. The van der Waals surface area contributed by atoms with Gasteiger partial charge in [0.15, 0.2) is 0 Å². The average Bonchev–Trinajstić information content (AvgIpc) is 2.37. The molecule has 0 saturated carbocycles. The van der Waals surface area contributed by atoms with Gasteiger partial charge < -0.3 is 16.0 Å². The summed E-state index contributed by atoms with van der Waals surface area (Å²) in [4.78, 5) is 14.8. The topological polar surface area (TPSA) is 58.4 Å². The Morgan fingerprint density at radius 2 is 1.67 bits per heavy atom. The van der Waals surface area contributed by atoms with Crippen LogP contribution in [0.1, 0.15) is 33.3 Å². The Morgan fingerprint density at radius 1 is 1.21 bits per heavy atom. The number of amides is 1. The number of rotatable bonds is 6. The Balaban J connectivity index is 0. The summed E-state index contributed by atoms with van der Waals surface area (Å²) < 4.78 is 0.966. The van der Waals surface area contributed by atoms with Crippen molar-refractivity contribution >= 4 is 46.7 Å². The third-order valence-corrected chi connectivity index (χ3v) is 4.69.